The zero-order valence-corrected chi connectivity index (χ0v) is 15.3. The van der Waals surface area contributed by atoms with Crippen LogP contribution in [0.25, 0.3) is 0 Å². The zero-order valence-electron chi connectivity index (χ0n) is 15.3. The molecule has 0 saturated carbocycles. The molecule has 1 aliphatic rings. The second-order valence-corrected chi connectivity index (χ2v) is 6.54. The minimum atomic E-state index is 0.295. The molecule has 1 saturated heterocycles. The molecule has 24 heavy (non-hydrogen) atoms. The van der Waals surface area contributed by atoms with E-state index in [-0.39, 0.29) is 0 Å². The quantitative estimate of drug-likeness (QED) is 0.556. The van der Waals surface area contributed by atoms with Crippen LogP contribution in [0.1, 0.15) is 57.7 Å². The molecule has 2 rings (SSSR count). The van der Waals surface area contributed by atoms with Crippen LogP contribution in [0.5, 0.6) is 0 Å². The van der Waals surface area contributed by atoms with Gasteiger partial charge in [0.2, 0.25) is 5.89 Å². The van der Waals surface area contributed by atoms with E-state index in [9.17, 15) is 0 Å². The van der Waals surface area contributed by atoms with Crippen molar-refractivity contribution in [2.24, 2.45) is 4.99 Å². The van der Waals surface area contributed by atoms with Crippen molar-refractivity contribution < 1.29 is 4.52 Å². The van der Waals surface area contributed by atoms with Crippen molar-refractivity contribution in [2.75, 3.05) is 39.3 Å². The van der Waals surface area contributed by atoms with Gasteiger partial charge in [0.15, 0.2) is 11.8 Å². The van der Waals surface area contributed by atoms with Gasteiger partial charge in [0, 0.05) is 32.0 Å². The second-order valence-electron chi connectivity index (χ2n) is 6.54. The summed E-state index contributed by atoms with van der Waals surface area (Å²) >= 11 is 0. The molecule has 0 amide bonds. The molecule has 0 aliphatic carbocycles. The lowest BCUT2D eigenvalue weighted by molar-refractivity contribution is 0.235. The number of likely N-dealkylation sites (tertiary alicyclic amines) is 1. The van der Waals surface area contributed by atoms with Gasteiger partial charge in [-0.25, -0.2) is 0 Å². The van der Waals surface area contributed by atoms with Crippen LogP contribution in [-0.2, 0) is 6.42 Å². The molecule has 0 aromatic carbocycles. The average Bonchev–Trinajstić information content (AvgIpc) is 3.05. The fraction of sp³-hybridized carbons (Fsp3) is 0.824. The number of nitrogens with one attached hydrogen (secondary N) is 2. The van der Waals surface area contributed by atoms with Gasteiger partial charge in [0.25, 0.3) is 0 Å². The van der Waals surface area contributed by atoms with Crippen molar-refractivity contribution in [3.8, 4) is 0 Å². The molecule has 2 N–H and O–H groups in total. The number of hydrogen-bond donors (Lipinski definition) is 2. The van der Waals surface area contributed by atoms with Crippen molar-refractivity contribution in [3.05, 3.63) is 11.7 Å². The topological polar surface area (TPSA) is 78.6 Å². The highest BCUT2D eigenvalue weighted by Gasteiger charge is 2.10. The maximum Gasteiger partial charge on any atom is 0.228 e. The van der Waals surface area contributed by atoms with Crippen LogP contribution in [-0.4, -0.2) is 60.3 Å². The Morgan fingerprint density at radius 1 is 1.25 bits per heavy atom. The van der Waals surface area contributed by atoms with E-state index in [4.69, 9.17) is 4.52 Å². The van der Waals surface area contributed by atoms with Gasteiger partial charge in [-0.2, -0.15) is 4.98 Å². The lowest BCUT2D eigenvalue weighted by atomic mass is 10.1. The molecular formula is C17H32N6O. The van der Waals surface area contributed by atoms with Gasteiger partial charge >= 0.3 is 0 Å². The Morgan fingerprint density at radius 3 is 2.71 bits per heavy atom. The molecule has 2 heterocycles. The van der Waals surface area contributed by atoms with Crippen LogP contribution in [0.15, 0.2) is 9.52 Å². The van der Waals surface area contributed by atoms with E-state index in [1.165, 1.54) is 32.4 Å². The van der Waals surface area contributed by atoms with Gasteiger partial charge in [0.1, 0.15) is 0 Å². The van der Waals surface area contributed by atoms with Crippen LogP contribution in [0.2, 0.25) is 0 Å². The number of piperidine rings is 1. The first kappa shape index (κ1) is 18.7. The van der Waals surface area contributed by atoms with E-state index in [2.05, 4.69) is 51.4 Å². The standard InChI is InChI=1S/C17H32N6O/c1-4-18-17(20-10-13-23-11-6-5-7-12-23)19-9-8-15-21-16(14(2)3)22-24-15/h14H,4-13H2,1-3H3,(H2,18,19,20). The molecule has 7 heteroatoms. The van der Waals surface area contributed by atoms with E-state index in [1.807, 2.05) is 0 Å². The van der Waals surface area contributed by atoms with Crippen LogP contribution in [0.4, 0.5) is 0 Å². The minimum absolute atomic E-state index is 0.295. The molecule has 0 spiro atoms. The summed E-state index contributed by atoms with van der Waals surface area (Å²) in [4.78, 5) is 11.6. The van der Waals surface area contributed by atoms with E-state index in [0.29, 0.717) is 18.2 Å². The summed E-state index contributed by atoms with van der Waals surface area (Å²) in [6, 6.07) is 0. The van der Waals surface area contributed by atoms with Crippen molar-refractivity contribution >= 4 is 5.96 Å². The van der Waals surface area contributed by atoms with E-state index in [1.54, 1.807) is 0 Å². The maximum atomic E-state index is 5.26. The van der Waals surface area contributed by atoms with Crippen LogP contribution in [0, 0.1) is 0 Å². The van der Waals surface area contributed by atoms with Crippen LogP contribution < -0.4 is 10.6 Å². The monoisotopic (exact) mass is 336 g/mol. The number of nitrogens with zero attached hydrogens (tertiary/aromatic N) is 4. The first-order chi connectivity index (χ1) is 11.7. The summed E-state index contributed by atoms with van der Waals surface area (Å²) in [6.45, 7) is 12.1. The summed E-state index contributed by atoms with van der Waals surface area (Å²) in [5.41, 5.74) is 0. The Labute approximate surface area is 145 Å². The summed E-state index contributed by atoms with van der Waals surface area (Å²) in [6.07, 6.45) is 4.73. The Kier molecular flexibility index (Phi) is 8.01. The fourth-order valence-electron chi connectivity index (χ4n) is 2.72. The molecule has 1 aromatic rings. The minimum Gasteiger partial charge on any atom is -0.357 e. The first-order valence-electron chi connectivity index (χ1n) is 9.26. The number of rotatable bonds is 8. The van der Waals surface area contributed by atoms with Crippen LogP contribution >= 0.6 is 0 Å². The molecule has 1 aromatic heterocycles. The molecular weight excluding hydrogens is 304 g/mol. The number of hydrogen-bond acceptors (Lipinski definition) is 5. The molecule has 1 aliphatic heterocycles. The highest BCUT2D eigenvalue weighted by atomic mass is 16.5. The smallest absolute Gasteiger partial charge is 0.228 e. The van der Waals surface area contributed by atoms with Gasteiger partial charge in [-0.1, -0.05) is 25.4 Å². The maximum absolute atomic E-state index is 5.26. The summed E-state index contributed by atoms with van der Waals surface area (Å²) in [5, 5.41) is 10.6. The Balaban J connectivity index is 1.71. The molecule has 0 unspecified atom stereocenters. The lowest BCUT2D eigenvalue weighted by Gasteiger charge is -2.25. The van der Waals surface area contributed by atoms with E-state index >= 15 is 0 Å². The average molecular weight is 336 g/mol. The number of aromatic nitrogens is 2. The van der Waals surface area contributed by atoms with E-state index in [0.717, 1.165) is 38.0 Å². The Hall–Kier alpha value is -1.63. The SMILES string of the molecule is CCNC(=NCCN1CCCCC1)NCCc1nc(C(C)C)no1. The summed E-state index contributed by atoms with van der Waals surface area (Å²) < 4.78 is 5.26. The van der Waals surface area contributed by atoms with E-state index < -0.39 is 0 Å². The predicted octanol–water partition coefficient (Wildman–Crippen LogP) is 1.78. The molecule has 0 bridgehead atoms. The largest absolute Gasteiger partial charge is 0.357 e. The predicted molar refractivity (Wildman–Crippen MR) is 96.4 cm³/mol. The van der Waals surface area contributed by atoms with Crippen molar-refractivity contribution in [1.29, 1.82) is 0 Å². The first-order valence-corrected chi connectivity index (χ1v) is 9.26. The zero-order chi connectivity index (χ0) is 17.2. The Bertz CT molecular complexity index is 493. The third kappa shape index (κ3) is 6.47. The van der Waals surface area contributed by atoms with Gasteiger partial charge in [-0.15, -0.1) is 0 Å². The highest BCUT2D eigenvalue weighted by molar-refractivity contribution is 5.79. The summed E-state index contributed by atoms with van der Waals surface area (Å²) in [7, 11) is 0. The van der Waals surface area contributed by atoms with Gasteiger partial charge in [0.05, 0.1) is 6.54 Å². The molecule has 0 radical (unpaired) electrons. The second kappa shape index (κ2) is 10.3. The summed E-state index contributed by atoms with van der Waals surface area (Å²) in [5.74, 6) is 2.60. The number of aliphatic imine (C=N–C) groups is 1. The molecule has 0 atom stereocenters. The Morgan fingerprint density at radius 2 is 2.04 bits per heavy atom. The van der Waals surface area contributed by atoms with Crippen molar-refractivity contribution in [2.45, 2.75) is 52.4 Å². The molecule has 136 valence electrons. The van der Waals surface area contributed by atoms with Crippen molar-refractivity contribution in [1.82, 2.24) is 25.7 Å². The van der Waals surface area contributed by atoms with Gasteiger partial charge in [-0.3, -0.25) is 4.99 Å². The molecule has 1 fully saturated rings. The van der Waals surface area contributed by atoms with Gasteiger partial charge < -0.3 is 20.1 Å². The normalized spacial score (nSPS) is 16.6. The van der Waals surface area contributed by atoms with Crippen LogP contribution in [0.3, 0.4) is 0 Å². The third-order valence-electron chi connectivity index (χ3n) is 4.11. The fourth-order valence-corrected chi connectivity index (χ4v) is 2.72. The lowest BCUT2D eigenvalue weighted by Crippen LogP contribution is -2.39. The van der Waals surface area contributed by atoms with Crippen molar-refractivity contribution in [3.63, 3.8) is 0 Å². The van der Waals surface area contributed by atoms with Gasteiger partial charge in [-0.05, 0) is 32.9 Å². The molecule has 7 nitrogen and oxygen atoms in total. The highest BCUT2D eigenvalue weighted by Crippen LogP contribution is 2.09. The third-order valence-corrected chi connectivity index (χ3v) is 4.11. The number of guanidine groups is 1.